The summed E-state index contributed by atoms with van der Waals surface area (Å²) in [4.78, 5) is 15.0. The molecule has 148 valence electrons. The Hall–Kier alpha value is -2.97. The molecule has 2 aromatic carbocycles. The van der Waals surface area contributed by atoms with Gasteiger partial charge in [-0.2, -0.15) is 5.10 Å². The number of benzene rings is 2. The summed E-state index contributed by atoms with van der Waals surface area (Å²) in [5.74, 6) is 1.16. The van der Waals surface area contributed by atoms with Crippen molar-refractivity contribution >= 4 is 22.5 Å². The maximum Gasteiger partial charge on any atom is 0.276 e. The molecule has 0 aliphatic rings. The molecule has 8 heteroatoms. The lowest BCUT2D eigenvalue weighted by atomic mass is 10.1. The average Bonchev–Trinajstić information content (AvgIpc) is 3.19. The Balaban J connectivity index is 1.73. The van der Waals surface area contributed by atoms with Gasteiger partial charge in [-0.05, 0) is 25.7 Å². The minimum Gasteiger partial charge on any atom is -0.410 e. The van der Waals surface area contributed by atoms with Crippen molar-refractivity contribution in [1.29, 1.82) is 0 Å². The quantitative estimate of drug-likeness (QED) is 0.436. The van der Waals surface area contributed by atoms with Crippen molar-refractivity contribution in [2.24, 2.45) is 0 Å². The molecule has 0 bridgehead atoms. The highest BCUT2D eigenvalue weighted by atomic mass is 32.2. The molecular weight excluding hydrogens is 386 g/mol. The van der Waals surface area contributed by atoms with Crippen LogP contribution in [0.5, 0.6) is 0 Å². The van der Waals surface area contributed by atoms with Crippen LogP contribution < -0.4 is 5.56 Å². The first kappa shape index (κ1) is 19.4. The second-order valence-electron chi connectivity index (χ2n) is 6.87. The molecule has 7 nitrogen and oxygen atoms in total. The van der Waals surface area contributed by atoms with Crippen LogP contribution in [0.25, 0.3) is 22.4 Å². The first-order chi connectivity index (χ1) is 14.1. The third kappa shape index (κ3) is 4.38. The van der Waals surface area contributed by atoms with E-state index in [-0.39, 0.29) is 5.56 Å². The Labute approximate surface area is 172 Å². The van der Waals surface area contributed by atoms with Crippen molar-refractivity contribution in [1.82, 2.24) is 24.9 Å². The molecule has 0 atom stereocenters. The number of thioether (sulfide) groups is 1. The van der Waals surface area contributed by atoms with E-state index in [1.807, 2.05) is 62.6 Å². The highest BCUT2D eigenvalue weighted by Gasteiger charge is 2.17. The Kier molecular flexibility index (Phi) is 5.73. The lowest BCUT2D eigenvalue weighted by Crippen LogP contribution is -2.24. The van der Waals surface area contributed by atoms with Gasteiger partial charge < -0.3 is 9.32 Å². The monoisotopic (exact) mass is 407 g/mol. The molecule has 0 N–H and O–H groups in total. The van der Waals surface area contributed by atoms with Crippen LogP contribution in [-0.4, -0.2) is 51.3 Å². The fourth-order valence-electron chi connectivity index (χ4n) is 2.94. The Bertz CT molecular complexity index is 1170. The van der Waals surface area contributed by atoms with Gasteiger partial charge in [-0.15, -0.1) is 10.2 Å². The molecule has 2 heterocycles. The zero-order chi connectivity index (χ0) is 20.2. The van der Waals surface area contributed by atoms with Gasteiger partial charge in [0, 0.05) is 17.7 Å². The van der Waals surface area contributed by atoms with Gasteiger partial charge in [0.2, 0.25) is 0 Å². The summed E-state index contributed by atoms with van der Waals surface area (Å²) in [5.41, 5.74) is 1.37. The fourth-order valence-corrected chi connectivity index (χ4v) is 3.80. The van der Waals surface area contributed by atoms with E-state index >= 15 is 0 Å². The van der Waals surface area contributed by atoms with Gasteiger partial charge in [-0.1, -0.05) is 60.3 Å². The van der Waals surface area contributed by atoms with E-state index in [0.717, 1.165) is 17.9 Å². The van der Waals surface area contributed by atoms with E-state index < -0.39 is 0 Å². The lowest BCUT2D eigenvalue weighted by Gasteiger charge is -2.09. The average molecular weight is 407 g/mol. The van der Waals surface area contributed by atoms with E-state index in [4.69, 9.17) is 4.42 Å². The zero-order valence-electron chi connectivity index (χ0n) is 16.3. The SMILES string of the molecule is CN(C)CCSc1nnc(-c2nn(Cc3ccccc3)c(=O)c3ccccc23)o1. The summed E-state index contributed by atoms with van der Waals surface area (Å²) < 4.78 is 7.30. The molecule has 0 fully saturated rings. The van der Waals surface area contributed by atoms with Crippen LogP contribution in [0.2, 0.25) is 0 Å². The number of aromatic nitrogens is 4. The second-order valence-corrected chi connectivity index (χ2v) is 7.91. The zero-order valence-corrected chi connectivity index (χ0v) is 17.1. The molecule has 0 saturated heterocycles. The molecule has 4 rings (SSSR count). The van der Waals surface area contributed by atoms with Crippen LogP contribution >= 0.6 is 11.8 Å². The summed E-state index contributed by atoms with van der Waals surface area (Å²) in [5, 5.41) is 14.7. The topological polar surface area (TPSA) is 77.1 Å². The molecule has 0 saturated carbocycles. The molecule has 0 radical (unpaired) electrons. The van der Waals surface area contributed by atoms with Gasteiger partial charge in [-0.25, -0.2) is 4.68 Å². The fraction of sp³-hybridized carbons (Fsp3) is 0.238. The van der Waals surface area contributed by atoms with Gasteiger partial charge in [0.25, 0.3) is 16.7 Å². The van der Waals surface area contributed by atoms with Crippen LogP contribution in [0, 0.1) is 0 Å². The van der Waals surface area contributed by atoms with Crippen molar-refractivity contribution in [3.05, 3.63) is 70.5 Å². The Morgan fingerprint density at radius 1 is 1.00 bits per heavy atom. The summed E-state index contributed by atoms with van der Waals surface area (Å²) in [7, 11) is 4.04. The highest BCUT2D eigenvalue weighted by Crippen LogP contribution is 2.26. The van der Waals surface area contributed by atoms with Gasteiger partial charge in [0.15, 0.2) is 5.69 Å². The van der Waals surface area contributed by atoms with Crippen LogP contribution in [0.15, 0.2) is 69.0 Å². The molecule has 0 spiro atoms. The van der Waals surface area contributed by atoms with E-state index in [1.54, 1.807) is 6.07 Å². The van der Waals surface area contributed by atoms with Crippen LogP contribution in [0.3, 0.4) is 0 Å². The highest BCUT2D eigenvalue weighted by molar-refractivity contribution is 7.99. The number of fused-ring (bicyclic) bond motifs is 1. The van der Waals surface area contributed by atoms with Crippen LogP contribution in [0.4, 0.5) is 0 Å². The molecule has 0 amide bonds. The summed E-state index contributed by atoms with van der Waals surface area (Å²) >= 11 is 1.50. The first-order valence-corrected chi connectivity index (χ1v) is 10.3. The molecule has 4 aromatic rings. The third-order valence-corrected chi connectivity index (χ3v) is 5.21. The summed E-state index contributed by atoms with van der Waals surface area (Å²) in [6.07, 6.45) is 0. The van der Waals surface area contributed by atoms with Crippen LogP contribution in [-0.2, 0) is 6.54 Å². The van der Waals surface area contributed by atoms with Crippen molar-refractivity contribution in [3.8, 4) is 11.6 Å². The summed E-state index contributed by atoms with van der Waals surface area (Å²) in [6.45, 7) is 1.28. The van der Waals surface area contributed by atoms with E-state index in [2.05, 4.69) is 20.2 Å². The molecule has 0 aliphatic heterocycles. The van der Waals surface area contributed by atoms with Crippen LogP contribution in [0.1, 0.15) is 5.56 Å². The van der Waals surface area contributed by atoms with Crippen molar-refractivity contribution in [2.45, 2.75) is 11.8 Å². The number of rotatable bonds is 7. The minimum absolute atomic E-state index is 0.145. The molecule has 0 unspecified atom stereocenters. The van der Waals surface area contributed by atoms with E-state index in [0.29, 0.717) is 34.1 Å². The largest absolute Gasteiger partial charge is 0.410 e. The van der Waals surface area contributed by atoms with Gasteiger partial charge in [0.1, 0.15) is 0 Å². The van der Waals surface area contributed by atoms with Crippen molar-refractivity contribution < 1.29 is 4.42 Å². The third-order valence-electron chi connectivity index (χ3n) is 4.42. The van der Waals surface area contributed by atoms with E-state index in [1.165, 1.54) is 16.4 Å². The molecule has 0 aliphatic carbocycles. The van der Waals surface area contributed by atoms with Gasteiger partial charge >= 0.3 is 0 Å². The normalized spacial score (nSPS) is 11.4. The Morgan fingerprint density at radius 3 is 2.48 bits per heavy atom. The van der Waals surface area contributed by atoms with Crippen molar-refractivity contribution in [3.63, 3.8) is 0 Å². The van der Waals surface area contributed by atoms with Gasteiger partial charge in [-0.3, -0.25) is 4.79 Å². The smallest absolute Gasteiger partial charge is 0.276 e. The predicted molar refractivity (Wildman–Crippen MR) is 114 cm³/mol. The maximum absolute atomic E-state index is 13.0. The summed E-state index contributed by atoms with van der Waals surface area (Å²) in [6, 6.07) is 17.1. The Morgan fingerprint density at radius 2 is 1.72 bits per heavy atom. The predicted octanol–water partition coefficient (Wildman–Crippen LogP) is 3.15. The number of hydrogen-bond donors (Lipinski definition) is 0. The first-order valence-electron chi connectivity index (χ1n) is 9.27. The lowest BCUT2D eigenvalue weighted by molar-refractivity contribution is 0.434. The second kappa shape index (κ2) is 8.59. The molecular formula is C21H21N5O2S. The van der Waals surface area contributed by atoms with Crippen molar-refractivity contribution in [2.75, 3.05) is 26.4 Å². The molecule has 29 heavy (non-hydrogen) atoms. The van der Waals surface area contributed by atoms with Gasteiger partial charge in [0.05, 0.1) is 11.9 Å². The molecule has 2 aromatic heterocycles. The minimum atomic E-state index is -0.145. The standard InChI is InChI=1S/C21H21N5O2S/c1-25(2)12-13-29-21-23-22-19(28-21)18-16-10-6-7-11-17(16)20(27)26(24-18)14-15-8-4-3-5-9-15/h3-11H,12-14H2,1-2H3. The maximum atomic E-state index is 13.0. The number of hydrogen-bond acceptors (Lipinski definition) is 7. The number of nitrogens with zero attached hydrogens (tertiary/aromatic N) is 5. The van der Waals surface area contributed by atoms with E-state index in [9.17, 15) is 4.79 Å².